The average molecular weight is 330 g/mol. The van der Waals surface area contributed by atoms with E-state index in [1.54, 1.807) is 6.08 Å². The molecule has 0 aliphatic rings. The standard InChI is InChI=1S/C17H16BrNO/c1-13(15-9-5-6-10-16(15)18)19-17(20)12-11-14-7-3-2-4-8-14/h2-13H,1H3,(H,19,20)/b12-11+/t13-/m0/s1. The molecule has 0 heterocycles. The van der Waals surface area contributed by atoms with Crippen molar-refractivity contribution in [1.29, 1.82) is 0 Å². The lowest BCUT2D eigenvalue weighted by molar-refractivity contribution is -0.117. The number of carbonyl (C=O) groups is 1. The molecule has 0 spiro atoms. The molecule has 1 amide bonds. The monoisotopic (exact) mass is 329 g/mol. The molecular formula is C17H16BrNO. The molecule has 2 rings (SSSR count). The van der Waals surface area contributed by atoms with Gasteiger partial charge in [-0.2, -0.15) is 0 Å². The van der Waals surface area contributed by atoms with E-state index in [4.69, 9.17) is 0 Å². The molecule has 2 nitrogen and oxygen atoms in total. The van der Waals surface area contributed by atoms with E-state index in [-0.39, 0.29) is 11.9 Å². The van der Waals surface area contributed by atoms with Gasteiger partial charge in [0.1, 0.15) is 0 Å². The SMILES string of the molecule is C[C@H](NC(=O)/C=C/c1ccccc1)c1ccccc1Br. The van der Waals surface area contributed by atoms with Crippen LogP contribution in [0.15, 0.2) is 65.1 Å². The van der Waals surface area contributed by atoms with E-state index >= 15 is 0 Å². The Hall–Kier alpha value is -1.87. The highest BCUT2D eigenvalue weighted by Crippen LogP contribution is 2.22. The molecule has 102 valence electrons. The lowest BCUT2D eigenvalue weighted by Gasteiger charge is -2.14. The maximum absolute atomic E-state index is 11.9. The normalized spacial score (nSPS) is 12.3. The van der Waals surface area contributed by atoms with Crippen LogP contribution in [0.5, 0.6) is 0 Å². The Labute approximate surface area is 127 Å². The number of hydrogen-bond donors (Lipinski definition) is 1. The zero-order valence-electron chi connectivity index (χ0n) is 11.2. The van der Waals surface area contributed by atoms with Gasteiger partial charge >= 0.3 is 0 Å². The van der Waals surface area contributed by atoms with E-state index in [1.807, 2.05) is 67.6 Å². The minimum atomic E-state index is -0.0999. The molecular weight excluding hydrogens is 314 g/mol. The second kappa shape index (κ2) is 7.06. The second-order valence-corrected chi connectivity index (χ2v) is 5.35. The number of amides is 1. The summed E-state index contributed by atoms with van der Waals surface area (Å²) in [4.78, 5) is 11.9. The summed E-state index contributed by atoms with van der Waals surface area (Å²) in [7, 11) is 0. The Morgan fingerprint density at radius 3 is 2.45 bits per heavy atom. The molecule has 2 aromatic rings. The summed E-state index contributed by atoms with van der Waals surface area (Å²) in [5.41, 5.74) is 2.07. The first-order chi connectivity index (χ1) is 9.66. The largest absolute Gasteiger partial charge is 0.346 e. The Balaban J connectivity index is 1.98. The summed E-state index contributed by atoms with van der Waals surface area (Å²) in [6, 6.07) is 17.6. The molecule has 0 radical (unpaired) electrons. The first-order valence-electron chi connectivity index (χ1n) is 6.45. The molecule has 0 bridgehead atoms. The molecule has 0 saturated carbocycles. The van der Waals surface area contributed by atoms with E-state index in [1.165, 1.54) is 0 Å². The van der Waals surface area contributed by atoms with Gasteiger partial charge in [-0.1, -0.05) is 64.5 Å². The number of carbonyl (C=O) groups excluding carboxylic acids is 1. The van der Waals surface area contributed by atoms with Gasteiger partial charge in [0.2, 0.25) is 5.91 Å². The highest BCUT2D eigenvalue weighted by atomic mass is 79.9. The molecule has 1 atom stereocenters. The van der Waals surface area contributed by atoms with Crippen LogP contribution in [0.25, 0.3) is 6.08 Å². The molecule has 2 aromatic carbocycles. The van der Waals surface area contributed by atoms with Gasteiger partial charge in [0.05, 0.1) is 6.04 Å². The third kappa shape index (κ3) is 4.07. The number of benzene rings is 2. The predicted molar refractivity (Wildman–Crippen MR) is 86.2 cm³/mol. The summed E-state index contributed by atoms with van der Waals surface area (Å²) in [5.74, 6) is -0.0999. The smallest absolute Gasteiger partial charge is 0.244 e. The summed E-state index contributed by atoms with van der Waals surface area (Å²) in [6.07, 6.45) is 3.37. The van der Waals surface area contributed by atoms with E-state index in [0.717, 1.165) is 15.6 Å². The van der Waals surface area contributed by atoms with Crippen molar-refractivity contribution in [2.75, 3.05) is 0 Å². The van der Waals surface area contributed by atoms with Crippen LogP contribution in [-0.2, 0) is 4.79 Å². The van der Waals surface area contributed by atoms with Crippen LogP contribution in [0.4, 0.5) is 0 Å². The number of rotatable bonds is 4. The third-order valence-electron chi connectivity index (χ3n) is 2.96. The Morgan fingerprint density at radius 2 is 1.75 bits per heavy atom. The van der Waals surface area contributed by atoms with Gasteiger partial charge in [0, 0.05) is 10.5 Å². The number of hydrogen-bond acceptors (Lipinski definition) is 1. The van der Waals surface area contributed by atoms with E-state index in [0.29, 0.717) is 0 Å². The van der Waals surface area contributed by atoms with Crippen LogP contribution in [0.2, 0.25) is 0 Å². The van der Waals surface area contributed by atoms with Crippen LogP contribution < -0.4 is 5.32 Å². The van der Waals surface area contributed by atoms with Gasteiger partial charge in [-0.3, -0.25) is 4.79 Å². The van der Waals surface area contributed by atoms with E-state index in [2.05, 4.69) is 21.2 Å². The minimum absolute atomic E-state index is 0.0431. The fourth-order valence-electron chi connectivity index (χ4n) is 1.90. The lowest BCUT2D eigenvalue weighted by atomic mass is 10.1. The van der Waals surface area contributed by atoms with Crippen molar-refractivity contribution in [3.63, 3.8) is 0 Å². The van der Waals surface area contributed by atoms with Crippen molar-refractivity contribution in [3.8, 4) is 0 Å². The maximum Gasteiger partial charge on any atom is 0.244 e. The molecule has 0 aromatic heterocycles. The lowest BCUT2D eigenvalue weighted by Crippen LogP contribution is -2.24. The molecule has 0 saturated heterocycles. The quantitative estimate of drug-likeness (QED) is 0.830. The van der Waals surface area contributed by atoms with Crippen molar-refractivity contribution in [2.45, 2.75) is 13.0 Å². The highest BCUT2D eigenvalue weighted by molar-refractivity contribution is 9.10. The van der Waals surface area contributed by atoms with Crippen molar-refractivity contribution in [3.05, 3.63) is 76.3 Å². The van der Waals surface area contributed by atoms with Crippen LogP contribution in [0.1, 0.15) is 24.1 Å². The van der Waals surface area contributed by atoms with Gasteiger partial charge in [0.15, 0.2) is 0 Å². The van der Waals surface area contributed by atoms with E-state index in [9.17, 15) is 4.79 Å². The van der Waals surface area contributed by atoms with Gasteiger partial charge in [-0.05, 0) is 30.2 Å². The Morgan fingerprint density at radius 1 is 1.10 bits per heavy atom. The summed E-state index contributed by atoms with van der Waals surface area (Å²) in [6.45, 7) is 1.97. The van der Waals surface area contributed by atoms with E-state index < -0.39 is 0 Å². The Kier molecular flexibility index (Phi) is 5.13. The third-order valence-corrected chi connectivity index (χ3v) is 3.68. The first kappa shape index (κ1) is 14.5. The topological polar surface area (TPSA) is 29.1 Å². The molecule has 0 aliphatic carbocycles. The fraction of sp³-hybridized carbons (Fsp3) is 0.118. The van der Waals surface area contributed by atoms with Gasteiger partial charge < -0.3 is 5.32 Å². The molecule has 0 fully saturated rings. The molecule has 0 unspecified atom stereocenters. The van der Waals surface area contributed by atoms with Crippen LogP contribution >= 0.6 is 15.9 Å². The minimum Gasteiger partial charge on any atom is -0.346 e. The number of nitrogens with one attached hydrogen (secondary N) is 1. The fourth-order valence-corrected chi connectivity index (χ4v) is 2.53. The van der Waals surface area contributed by atoms with Crippen molar-refractivity contribution in [2.24, 2.45) is 0 Å². The maximum atomic E-state index is 11.9. The first-order valence-corrected chi connectivity index (χ1v) is 7.24. The Bertz CT molecular complexity index is 607. The molecule has 20 heavy (non-hydrogen) atoms. The van der Waals surface area contributed by atoms with Crippen LogP contribution in [-0.4, -0.2) is 5.91 Å². The van der Waals surface area contributed by atoms with Crippen LogP contribution in [0.3, 0.4) is 0 Å². The molecule has 3 heteroatoms. The molecule has 1 N–H and O–H groups in total. The van der Waals surface area contributed by atoms with Crippen molar-refractivity contribution >= 4 is 27.9 Å². The second-order valence-electron chi connectivity index (χ2n) is 4.50. The van der Waals surface area contributed by atoms with Crippen molar-refractivity contribution in [1.82, 2.24) is 5.32 Å². The van der Waals surface area contributed by atoms with Gasteiger partial charge in [-0.15, -0.1) is 0 Å². The predicted octanol–water partition coefficient (Wildman–Crippen LogP) is 4.34. The molecule has 0 aliphatic heterocycles. The van der Waals surface area contributed by atoms with Gasteiger partial charge in [0.25, 0.3) is 0 Å². The highest BCUT2D eigenvalue weighted by Gasteiger charge is 2.09. The summed E-state index contributed by atoms with van der Waals surface area (Å²) in [5, 5.41) is 2.95. The van der Waals surface area contributed by atoms with Crippen LogP contribution in [0, 0.1) is 0 Å². The van der Waals surface area contributed by atoms with Crippen molar-refractivity contribution < 1.29 is 4.79 Å². The zero-order chi connectivity index (χ0) is 14.4. The van der Waals surface area contributed by atoms with Gasteiger partial charge in [-0.25, -0.2) is 0 Å². The average Bonchev–Trinajstić information content (AvgIpc) is 2.46. The number of halogens is 1. The summed E-state index contributed by atoms with van der Waals surface area (Å²) < 4.78 is 1.000. The zero-order valence-corrected chi connectivity index (χ0v) is 12.8. The summed E-state index contributed by atoms with van der Waals surface area (Å²) >= 11 is 3.49.